The van der Waals surface area contributed by atoms with Crippen LogP contribution < -0.4 is 0 Å². The van der Waals surface area contributed by atoms with E-state index in [0.29, 0.717) is 11.1 Å². The van der Waals surface area contributed by atoms with Crippen LogP contribution in [-0.4, -0.2) is 63.1 Å². The van der Waals surface area contributed by atoms with Gasteiger partial charge in [0.15, 0.2) is 6.10 Å². The first-order chi connectivity index (χ1) is 14.2. The van der Waals surface area contributed by atoms with Crippen LogP contribution in [0.3, 0.4) is 0 Å². The Labute approximate surface area is 171 Å². The summed E-state index contributed by atoms with van der Waals surface area (Å²) in [5.74, 6) is -4.05. The zero-order chi connectivity index (χ0) is 22.0. The number of aliphatic hydroxyl groups excluding tert-OH is 3. The van der Waals surface area contributed by atoms with Gasteiger partial charge in [-0.05, 0) is 24.1 Å². The molecule has 0 saturated carbocycles. The van der Waals surface area contributed by atoms with E-state index in [9.17, 15) is 29.3 Å². The highest BCUT2D eigenvalue weighted by molar-refractivity contribution is 5.78. The molecule has 1 aliphatic heterocycles. The Morgan fingerprint density at radius 3 is 2.30 bits per heavy atom. The Hall–Kier alpha value is -2.85. The molecule has 0 radical (unpaired) electrons. The van der Waals surface area contributed by atoms with Crippen LogP contribution >= 0.6 is 0 Å². The molecule has 1 aliphatic rings. The fraction of sp³-hybridized carbons (Fsp3) is 0.333. The molecule has 4 N–H and O–H groups in total. The fourth-order valence-corrected chi connectivity index (χ4v) is 3.15. The van der Waals surface area contributed by atoms with E-state index in [1.54, 1.807) is 36.4 Å². The monoisotopic (exact) mass is 420 g/mol. The SMILES string of the molecule is CC(C(=O)O[C@@H]1OC(C(=O)O)[C@@H](O)[C@H](O)[C@H]1O)c1ccc(-c2ccccc2)c(F)c1. The van der Waals surface area contributed by atoms with Crippen LogP contribution in [0.25, 0.3) is 11.1 Å². The highest BCUT2D eigenvalue weighted by Gasteiger charge is 2.48. The van der Waals surface area contributed by atoms with Gasteiger partial charge in [0, 0.05) is 5.56 Å². The highest BCUT2D eigenvalue weighted by Crippen LogP contribution is 2.28. The number of carbonyl (C=O) groups excluding carboxylic acids is 1. The second-order valence-corrected chi connectivity index (χ2v) is 7.00. The van der Waals surface area contributed by atoms with E-state index in [-0.39, 0.29) is 5.56 Å². The number of rotatable bonds is 5. The number of hydrogen-bond acceptors (Lipinski definition) is 7. The molecule has 0 amide bonds. The summed E-state index contributed by atoms with van der Waals surface area (Å²) < 4.78 is 24.5. The molecular formula is C21H21FO8. The van der Waals surface area contributed by atoms with Gasteiger partial charge >= 0.3 is 11.9 Å². The number of carboxylic acids is 1. The molecular weight excluding hydrogens is 399 g/mol. The second kappa shape index (κ2) is 8.88. The van der Waals surface area contributed by atoms with E-state index >= 15 is 0 Å². The van der Waals surface area contributed by atoms with Gasteiger partial charge in [0.25, 0.3) is 0 Å². The average molecular weight is 420 g/mol. The summed E-state index contributed by atoms with van der Waals surface area (Å²) in [6.45, 7) is 1.44. The standard InChI is InChI=1S/C21H21FO8/c1-10(12-7-8-13(14(22)9-12)11-5-3-2-4-6-11)20(28)30-21-17(25)15(23)16(24)18(29-21)19(26)27/h2-10,15-18,21,23-25H,1H3,(H,26,27)/t10?,15-,16-,17+,18?,21-/m0/s1. The van der Waals surface area contributed by atoms with Gasteiger partial charge in [0.1, 0.15) is 24.1 Å². The first-order valence-corrected chi connectivity index (χ1v) is 9.18. The molecule has 1 saturated heterocycles. The summed E-state index contributed by atoms with van der Waals surface area (Å²) in [7, 11) is 0. The van der Waals surface area contributed by atoms with E-state index in [1.807, 2.05) is 0 Å². The summed E-state index contributed by atoms with van der Waals surface area (Å²) in [5, 5.41) is 38.5. The lowest BCUT2D eigenvalue weighted by atomic mass is 9.96. The van der Waals surface area contributed by atoms with E-state index in [2.05, 4.69) is 0 Å². The summed E-state index contributed by atoms with van der Waals surface area (Å²) >= 11 is 0. The average Bonchev–Trinajstić information content (AvgIpc) is 2.73. The van der Waals surface area contributed by atoms with Crippen molar-refractivity contribution in [1.82, 2.24) is 0 Å². The van der Waals surface area contributed by atoms with Gasteiger partial charge in [-0.3, -0.25) is 4.79 Å². The zero-order valence-electron chi connectivity index (χ0n) is 15.9. The number of ether oxygens (including phenoxy) is 2. The van der Waals surface area contributed by atoms with Crippen molar-refractivity contribution in [3.63, 3.8) is 0 Å². The maximum atomic E-state index is 14.6. The number of aliphatic hydroxyl groups is 3. The Bertz CT molecular complexity index is 918. The Morgan fingerprint density at radius 1 is 1.03 bits per heavy atom. The minimum absolute atomic E-state index is 0.290. The van der Waals surface area contributed by atoms with Crippen LogP contribution in [-0.2, 0) is 19.1 Å². The molecule has 2 aromatic carbocycles. The molecule has 2 aromatic rings. The molecule has 0 spiro atoms. The Morgan fingerprint density at radius 2 is 1.70 bits per heavy atom. The fourth-order valence-electron chi connectivity index (χ4n) is 3.15. The normalized spacial score (nSPS) is 27.3. The minimum atomic E-state index is -1.90. The predicted molar refractivity (Wildman–Crippen MR) is 101 cm³/mol. The van der Waals surface area contributed by atoms with Crippen LogP contribution in [0.1, 0.15) is 18.4 Å². The van der Waals surface area contributed by atoms with Gasteiger partial charge in [-0.25, -0.2) is 9.18 Å². The molecule has 160 valence electrons. The second-order valence-electron chi connectivity index (χ2n) is 7.00. The lowest BCUT2D eigenvalue weighted by Crippen LogP contribution is -2.60. The molecule has 0 aromatic heterocycles. The predicted octanol–water partition coefficient (Wildman–Crippen LogP) is 1.03. The molecule has 1 fully saturated rings. The summed E-state index contributed by atoms with van der Waals surface area (Å²) in [4.78, 5) is 23.6. The van der Waals surface area contributed by atoms with Gasteiger partial charge in [-0.1, -0.05) is 42.5 Å². The van der Waals surface area contributed by atoms with Crippen molar-refractivity contribution in [3.8, 4) is 11.1 Å². The molecule has 30 heavy (non-hydrogen) atoms. The highest BCUT2D eigenvalue weighted by atomic mass is 19.1. The van der Waals surface area contributed by atoms with Crippen molar-refractivity contribution in [2.75, 3.05) is 0 Å². The van der Waals surface area contributed by atoms with E-state index < -0.39 is 54.4 Å². The van der Waals surface area contributed by atoms with Crippen molar-refractivity contribution in [1.29, 1.82) is 0 Å². The number of aliphatic carboxylic acids is 1. The maximum Gasteiger partial charge on any atom is 0.335 e. The smallest absolute Gasteiger partial charge is 0.335 e. The van der Waals surface area contributed by atoms with Crippen LogP contribution in [0.15, 0.2) is 48.5 Å². The number of carboxylic acid groups (broad SMARTS) is 1. The van der Waals surface area contributed by atoms with Crippen molar-refractivity contribution < 1.29 is 43.9 Å². The van der Waals surface area contributed by atoms with Crippen molar-refractivity contribution in [2.45, 2.75) is 43.5 Å². The van der Waals surface area contributed by atoms with E-state index in [1.165, 1.54) is 19.1 Å². The van der Waals surface area contributed by atoms with Gasteiger partial charge in [0.2, 0.25) is 6.29 Å². The summed E-state index contributed by atoms with van der Waals surface area (Å²) in [5.41, 5.74) is 1.31. The van der Waals surface area contributed by atoms with Crippen LogP contribution in [0.4, 0.5) is 4.39 Å². The number of carbonyl (C=O) groups is 2. The molecule has 1 heterocycles. The largest absolute Gasteiger partial charge is 0.479 e. The summed E-state index contributed by atoms with van der Waals surface area (Å²) in [6, 6.07) is 13.1. The zero-order valence-corrected chi connectivity index (χ0v) is 15.9. The van der Waals surface area contributed by atoms with Crippen LogP contribution in [0, 0.1) is 5.82 Å². The third-order valence-electron chi connectivity index (χ3n) is 4.98. The van der Waals surface area contributed by atoms with Crippen molar-refractivity contribution in [3.05, 3.63) is 59.9 Å². The quantitative estimate of drug-likeness (QED) is 0.527. The van der Waals surface area contributed by atoms with Crippen LogP contribution in [0.5, 0.6) is 0 Å². The van der Waals surface area contributed by atoms with E-state index in [0.717, 1.165) is 0 Å². The summed E-state index contributed by atoms with van der Waals surface area (Å²) in [6.07, 6.45) is -9.35. The Kier molecular flexibility index (Phi) is 6.47. The lowest BCUT2D eigenvalue weighted by molar-refractivity contribution is -0.286. The molecule has 9 heteroatoms. The van der Waals surface area contributed by atoms with Gasteiger partial charge < -0.3 is 29.9 Å². The van der Waals surface area contributed by atoms with Gasteiger partial charge in [-0.15, -0.1) is 0 Å². The molecule has 6 atom stereocenters. The molecule has 0 bridgehead atoms. The topological polar surface area (TPSA) is 134 Å². The maximum absolute atomic E-state index is 14.6. The molecule has 8 nitrogen and oxygen atoms in total. The van der Waals surface area contributed by atoms with Crippen molar-refractivity contribution in [2.24, 2.45) is 0 Å². The number of benzene rings is 2. The lowest BCUT2D eigenvalue weighted by Gasteiger charge is -2.38. The number of hydrogen-bond donors (Lipinski definition) is 4. The third-order valence-corrected chi connectivity index (χ3v) is 4.98. The molecule has 2 unspecified atom stereocenters. The van der Waals surface area contributed by atoms with Gasteiger partial charge in [0.05, 0.1) is 5.92 Å². The van der Waals surface area contributed by atoms with E-state index in [4.69, 9.17) is 14.6 Å². The Balaban J connectivity index is 1.74. The van der Waals surface area contributed by atoms with Crippen molar-refractivity contribution >= 4 is 11.9 Å². The minimum Gasteiger partial charge on any atom is -0.479 e. The van der Waals surface area contributed by atoms with Crippen LogP contribution in [0.2, 0.25) is 0 Å². The molecule has 3 rings (SSSR count). The first-order valence-electron chi connectivity index (χ1n) is 9.18. The third kappa shape index (κ3) is 4.34. The number of esters is 1. The number of halogens is 1. The first kappa shape index (κ1) is 21.8. The van der Waals surface area contributed by atoms with Gasteiger partial charge in [-0.2, -0.15) is 0 Å². The molecule has 0 aliphatic carbocycles.